The fourth-order valence-corrected chi connectivity index (χ4v) is 2.89. The Labute approximate surface area is 88.8 Å². The summed E-state index contributed by atoms with van der Waals surface area (Å²) < 4.78 is 21.6. The van der Waals surface area contributed by atoms with Gasteiger partial charge in [0.15, 0.2) is 0 Å². The highest BCUT2D eigenvalue weighted by Crippen LogP contribution is 2.51. The summed E-state index contributed by atoms with van der Waals surface area (Å²) in [6, 6.07) is 8.74. The summed E-state index contributed by atoms with van der Waals surface area (Å²) >= 11 is 0. The summed E-state index contributed by atoms with van der Waals surface area (Å²) in [5.41, 5.74) is 0.601. The quantitative estimate of drug-likeness (QED) is 0.791. The SMILES string of the molecule is NS(=O)(=O)C1(C(O)c2ccccc2)CC1. The van der Waals surface area contributed by atoms with Crippen LogP contribution in [0.4, 0.5) is 0 Å². The van der Waals surface area contributed by atoms with Crippen LogP contribution in [0.1, 0.15) is 24.5 Å². The lowest BCUT2D eigenvalue weighted by Crippen LogP contribution is -2.36. The van der Waals surface area contributed by atoms with E-state index in [0.717, 1.165) is 0 Å². The normalized spacial score (nSPS) is 20.9. The predicted molar refractivity (Wildman–Crippen MR) is 56.5 cm³/mol. The van der Waals surface area contributed by atoms with Gasteiger partial charge in [-0.3, -0.25) is 0 Å². The first-order valence-electron chi connectivity index (χ1n) is 4.73. The monoisotopic (exact) mass is 227 g/mol. The van der Waals surface area contributed by atoms with Gasteiger partial charge in [-0.1, -0.05) is 30.3 Å². The summed E-state index contributed by atoms with van der Waals surface area (Å²) in [6.07, 6.45) is -0.155. The van der Waals surface area contributed by atoms with Crippen LogP contribution in [-0.4, -0.2) is 18.3 Å². The van der Waals surface area contributed by atoms with E-state index < -0.39 is 20.9 Å². The number of nitrogens with two attached hydrogens (primary N) is 1. The Bertz CT molecular complexity index is 451. The number of aliphatic hydroxyl groups excluding tert-OH is 1. The smallest absolute Gasteiger partial charge is 0.217 e. The summed E-state index contributed by atoms with van der Waals surface area (Å²) in [5, 5.41) is 15.1. The Morgan fingerprint density at radius 3 is 2.20 bits per heavy atom. The van der Waals surface area contributed by atoms with E-state index >= 15 is 0 Å². The Hall–Kier alpha value is -0.910. The van der Waals surface area contributed by atoms with Gasteiger partial charge in [-0.25, -0.2) is 13.6 Å². The molecular formula is C10H13NO3S. The summed E-state index contributed by atoms with van der Waals surface area (Å²) in [5.74, 6) is 0. The summed E-state index contributed by atoms with van der Waals surface area (Å²) in [6.45, 7) is 0. The molecule has 2 rings (SSSR count). The molecule has 15 heavy (non-hydrogen) atoms. The average molecular weight is 227 g/mol. The van der Waals surface area contributed by atoms with Crippen molar-refractivity contribution in [1.29, 1.82) is 0 Å². The molecule has 0 spiro atoms. The molecule has 82 valence electrons. The van der Waals surface area contributed by atoms with Crippen LogP contribution in [0, 0.1) is 0 Å². The number of benzene rings is 1. The van der Waals surface area contributed by atoms with Gasteiger partial charge < -0.3 is 5.11 Å². The lowest BCUT2D eigenvalue weighted by atomic mass is 10.1. The Kier molecular flexibility index (Phi) is 2.33. The van der Waals surface area contributed by atoms with E-state index in [0.29, 0.717) is 18.4 Å². The first-order valence-corrected chi connectivity index (χ1v) is 6.27. The van der Waals surface area contributed by atoms with Crippen LogP contribution in [0.5, 0.6) is 0 Å². The predicted octanol–water partition coefficient (Wildman–Crippen LogP) is 0.541. The molecule has 4 nitrogen and oxygen atoms in total. The van der Waals surface area contributed by atoms with Crippen LogP contribution in [0.15, 0.2) is 30.3 Å². The van der Waals surface area contributed by atoms with Crippen LogP contribution < -0.4 is 5.14 Å². The van der Waals surface area contributed by atoms with Crippen molar-refractivity contribution >= 4 is 10.0 Å². The maximum absolute atomic E-state index is 11.3. The lowest BCUT2D eigenvalue weighted by Gasteiger charge is -2.20. The van der Waals surface area contributed by atoms with Crippen molar-refractivity contribution in [1.82, 2.24) is 0 Å². The van der Waals surface area contributed by atoms with Crippen LogP contribution in [0.3, 0.4) is 0 Å². The molecule has 0 aliphatic heterocycles. The van der Waals surface area contributed by atoms with Gasteiger partial charge in [0.2, 0.25) is 10.0 Å². The molecule has 0 aromatic heterocycles. The van der Waals surface area contributed by atoms with Crippen molar-refractivity contribution in [2.75, 3.05) is 0 Å². The molecule has 0 amide bonds. The van der Waals surface area contributed by atoms with E-state index in [4.69, 9.17) is 5.14 Å². The van der Waals surface area contributed by atoms with Crippen LogP contribution in [0.25, 0.3) is 0 Å². The minimum absolute atomic E-state index is 0.432. The number of hydrogen-bond acceptors (Lipinski definition) is 3. The molecular weight excluding hydrogens is 214 g/mol. The molecule has 5 heteroatoms. The third kappa shape index (κ3) is 1.67. The van der Waals surface area contributed by atoms with Gasteiger partial charge in [-0.2, -0.15) is 0 Å². The van der Waals surface area contributed by atoms with Crippen molar-refractivity contribution in [3.8, 4) is 0 Å². The number of primary sulfonamides is 1. The summed E-state index contributed by atoms with van der Waals surface area (Å²) in [4.78, 5) is 0. The third-order valence-corrected chi connectivity index (χ3v) is 4.69. The zero-order chi connectivity index (χ0) is 11.1. The highest BCUT2D eigenvalue weighted by Gasteiger charge is 2.58. The van der Waals surface area contributed by atoms with Gasteiger partial charge in [-0.15, -0.1) is 0 Å². The molecule has 1 aromatic rings. The van der Waals surface area contributed by atoms with Crippen molar-refractivity contribution in [2.24, 2.45) is 5.14 Å². The molecule has 3 N–H and O–H groups in total. The van der Waals surface area contributed by atoms with E-state index in [-0.39, 0.29) is 0 Å². The fourth-order valence-electron chi connectivity index (χ4n) is 1.78. The molecule has 1 atom stereocenters. The average Bonchev–Trinajstić information content (AvgIpc) is 2.98. The molecule has 0 radical (unpaired) electrons. The van der Waals surface area contributed by atoms with Gasteiger partial charge in [0.25, 0.3) is 0 Å². The Morgan fingerprint density at radius 1 is 1.27 bits per heavy atom. The molecule has 1 aliphatic carbocycles. The first kappa shape index (κ1) is 10.6. The van der Waals surface area contributed by atoms with Crippen molar-refractivity contribution in [2.45, 2.75) is 23.7 Å². The highest BCUT2D eigenvalue weighted by molar-refractivity contribution is 7.90. The first-order chi connectivity index (χ1) is 6.97. The van der Waals surface area contributed by atoms with Gasteiger partial charge >= 0.3 is 0 Å². The standard InChI is InChI=1S/C10H13NO3S/c11-15(13,14)10(6-7-10)9(12)8-4-2-1-3-5-8/h1-5,9,12H,6-7H2,(H2,11,13,14). The second kappa shape index (κ2) is 3.30. The molecule has 1 saturated carbocycles. The molecule has 0 saturated heterocycles. The van der Waals surface area contributed by atoms with Gasteiger partial charge in [0.1, 0.15) is 4.75 Å². The zero-order valence-electron chi connectivity index (χ0n) is 8.13. The van der Waals surface area contributed by atoms with Gasteiger partial charge in [0.05, 0.1) is 6.10 Å². The molecule has 1 unspecified atom stereocenters. The van der Waals surface area contributed by atoms with Crippen LogP contribution in [0.2, 0.25) is 0 Å². The van der Waals surface area contributed by atoms with Gasteiger partial charge in [0, 0.05) is 0 Å². The third-order valence-electron chi connectivity index (χ3n) is 2.92. The number of hydrogen-bond donors (Lipinski definition) is 2. The summed E-state index contributed by atoms with van der Waals surface area (Å²) in [7, 11) is -3.69. The van der Waals surface area contributed by atoms with E-state index in [1.54, 1.807) is 24.3 Å². The van der Waals surface area contributed by atoms with Crippen LogP contribution in [-0.2, 0) is 10.0 Å². The van der Waals surface area contributed by atoms with Crippen LogP contribution >= 0.6 is 0 Å². The largest absolute Gasteiger partial charge is 0.387 e. The zero-order valence-corrected chi connectivity index (χ0v) is 8.94. The van der Waals surface area contributed by atoms with Crippen molar-refractivity contribution in [3.05, 3.63) is 35.9 Å². The lowest BCUT2D eigenvalue weighted by molar-refractivity contribution is 0.163. The van der Waals surface area contributed by atoms with Gasteiger partial charge in [-0.05, 0) is 18.4 Å². The number of aliphatic hydroxyl groups is 1. The van der Waals surface area contributed by atoms with Crippen molar-refractivity contribution in [3.63, 3.8) is 0 Å². The van der Waals surface area contributed by atoms with Crippen molar-refractivity contribution < 1.29 is 13.5 Å². The topological polar surface area (TPSA) is 80.4 Å². The molecule has 1 aromatic carbocycles. The Morgan fingerprint density at radius 2 is 1.80 bits per heavy atom. The number of rotatable bonds is 3. The fraction of sp³-hybridized carbons (Fsp3) is 0.400. The molecule has 1 fully saturated rings. The minimum Gasteiger partial charge on any atom is -0.387 e. The second-order valence-electron chi connectivity index (χ2n) is 3.92. The van der Waals surface area contributed by atoms with E-state index in [9.17, 15) is 13.5 Å². The molecule has 1 aliphatic rings. The maximum Gasteiger partial charge on any atom is 0.217 e. The Balaban J connectivity index is 2.34. The maximum atomic E-state index is 11.3. The second-order valence-corrected chi connectivity index (χ2v) is 5.83. The minimum atomic E-state index is -3.69. The molecule has 0 heterocycles. The van der Waals surface area contributed by atoms with E-state index in [1.165, 1.54) is 0 Å². The molecule has 0 bridgehead atoms. The van der Waals surface area contributed by atoms with E-state index in [1.807, 2.05) is 6.07 Å². The van der Waals surface area contributed by atoms with E-state index in [2.05, 4.69) is 0 Å². The number of sulfonamides is 1. The highest BCUT2D eigenvalue weighted by atomic mass is 32.2.